The molecular weight excluding hydrogens is 234 g/mol. The second kappa shape index (κ2) is 3.66. The third-order valence-electron chi connectivity index (χ3n) is 2.56. The first-order valence-electron chi connectivity index (χ1n) is 5.28. The molecule has 0 aromatic carbocycles. The minimum atomic E-state index is -0.340. The van der Waals surface area contributed by atoms with Gasteiger partial charge in [0.25, 0.3) is 5.56 Å². The molecule has 3 aromatic heterocycles. The number of carbonyl (C=O) groups excluding carboxylic acids is 1. The van der Waals surface area contributed by atoms with Crippen molar-refractivity contribution in [3.8, 4) is 0 Å². The van der Waals surface area contributed by atoms with E-state index in [1.165, 1.54) is 19.3 Å². The predicted octanol–water partition coefficient (Wildman–Crippen LogP) is 0.134. The Labute approximate surface area is 101 Å². The van der Waals surface area contributed by atoms with E-state index in [2.05, 4.69) is 15.5 Å². The minimum Gasteiger partial charge on any atom is -0.274 e. The van der Waals surface area contributed by atoms with Crippen molar-refractivity contribution >= 4 is 22.5 Å². The van der Waals surface area contributed by atoms with E-state index < -0.39 is 0 Å². The summed E-state index contributed by atoms with van der Waals surface area (Å²) in [5, 5.41) is 4.49. The Morgan fingerprint density at radius 1 is 1.39 bits per heavy atom. The van der Waals surface area contributed by atoms with Gasteiger partial charge in [-0.15, -0.1) is 0 Å². The number of hydrogen-bond donors (Lipinski definition) is 1. The summed E-state index contributed by atoms with van der Waals surface area (Å²) in [6, 6.07) is 3.45. The van der Waals surface area contributed by atoms with Gasteiger partial charge in [-0.25, -0.2) is 14.2 Å². The number of rotatable bonds is 1. The summed E-state index contributed by atoms with van der Waals surface area (Å²) in [6.07, 6.45) is 4.58. The van der Waals surface area contributed by atoms with Gasteiger partial charge in [-0.05, 0) is 6.07 Å². The lowest BCUT2D eigenvalue weighted by atomic mass is 10.3. The number of carbonyl (C=O) groups is 1. The van der Waals surface area contributed by atoms with Crippen molar-refractivity contribution in [1.82, 2.24) is 19.3 Å². The molecule has 0 saturated carbocycles. The summed E-state index contributed by atoms with van der Waals surface area (Å²) >= 11 is 0. The van der Waals surface area contributed by atoms with Gasteiger partial charge in [-0.2, -0.15) is 5.10 Å². The van der Waals surface area contributed by atoms with Crippen LogP contribution in [0.15, 0.2) is 35.5 Å². The molecule has 0 atom stereocenters. The van der Waals surface area contributed by atoms with Gasteiger partial charge < -0.3 is 0 Å². The molecule has 0 aliphatic carbocycles. The molecule has 0 fully saturated rings. The van der Waals surface area contributed by atoms with Gasteiger partial charge in [-0.1, -0.05) is 0 Å². The largest absolute Gasteiger partial charge is 0.280 e. The number of nitrogens with one attached hydrogen (secondary N) is 1. The fourth-order valence-corrected chi connectivity index (χ4v) is 1.82. The van der Waals surface area contributed by atoms with Crippen molar-refractivity contribution in [2.75, 3.05) is 5.43 Å². The molecule has 3 heterocycles. The van der Waals surface area contributed by atoms with Gasteiger partial charge in [0.15, 0.2) is 5.65 Å². The molecule has 0 bridgehead atoms. The van der Waals surface area contributed by atoms with Crippen molar-refractivity contribution in [3.05, 3.63) is 41.1 Å². The van der Waals surface area contributed by atoms with Crippen molar-refractivity contribution in [2.45, 2.75) is 6.92 Å². The molecule has 0 spiro atoms. The Morgan fingerprint density at radius 2 is 2.22 bits per heavy atom. The van der Waals surface area contributed by atoms with Crippen LogP contribution in [0.4, 0.5) is 0 Å². The normalized spacial score (nSPS) is 10.9. The first-order valence-corrected chi connectivity index (χ1v) is 5.28. The molecule has 0 unspecified atom stereocenters. The van der Waals surface area contributed by atoms with Crippen LogP contribution in [0.1, 0.15) is 6.92 Å². The zero-order valence-corrected chi connectivity index (χ0v) is 9.49. The van der Waals surface area contributed by atoms with E-state index in [-0.39, 0.29) is 11.5 Å². The van der Waals surface area contributed by atoms with Crippen molar-refractivity contribution in [2.24, 2.45) is 0 Å². The molecule has 90 valence electrons. The monoisotopic (exact) mass is 243 g/mol. The topological polar surface area (TPSA) is 81.3 Å². The number of pyridine rings is 1. The van der Waals surface area contributed by atoms with Crippen molar-refractivity contribution in [1.29, 1.82) is 0 Å². The van der Waals surface area contributed by atoms with E-state index in [4.69, 9.17) is 0 Å². The lowest BCUT2D eigenvalue weighted by Gasteiger charge is -2.07. The summed E-state index contributed by atoms with van der Waals surface area (Å²) in [6.45, 7) is 1.34. The highest BCUT2D eigenvalue weighted by Gasteiger charge is 2.07. The summed E-state index contributed by atoms with van der Waals surface area (Å²) in [7, 11) is 0. The molecule has 1 N–H and O–H groups in total. The predicted molar refractivity (Wildman–Crippen MR) is 64.8 cm³/mol. The van der Waals surface area contributed by atoms with Crippen LogP contribution in [-0.4, -0.2) is 25.2 Å². The molecule has 3 aromatic rings. The average molecular weight is 243 g/mol. The highest BCUT2D eigenvalue weighted by Crippen LogP contribution is 2.09. The molecule has 18 heavy (non-hydrogen) atoms. The minimum absolute atomic E-state index is 0.315. The Bertz CT molecular complexity index is 817. The fraction of sp³-hybridized carbons (Fsp3) is 0.0909. The number of aromatic nitrogens is 4. The van der Waals surface area contributed by atoms with E-state index in [0.29, 0.717) is 16.6 Å². The summed E-state index contributed by atoms with van der Waals surface area (Å²) in [4.78, 5) is 27.2. The van der Waals surface area contributed by atoms with Crippen LogP contribution >= 0.6 is 0 Å². The zero-order chi connectivity index (χ0) is 12.7. The van der Waals surface area contributed by atoms with Gasteiger partial charge in [0.05, 0.1) is 17.1 Å². The van der Waals surface area contributed by atoms with Gasteiger partial charge >= 0.3 is 0 Å². The molecule has 0 aliphatic heterocycles. The lowest BCUT2D eigenvalue weighted by Crippen LogP contribution is -2.31. The Kier molecular flexibility index (Phi) is 2.12. The van der Waals surface area contributed by atoms with Crippen molar-refractivity contribution in [3.63, 3.8) is 0 Å². The second-order valence-electron chi connectivity index (χ2n) is 3.82. The third-order valence-corrected chi connectivity index (χ3v) is 2.56. The number of fused-ring (bicyclic) bond motifs is 3. The summed E-state index contributed by atoms with van der Waals surface area (Å²) < 4.78 is 2.70. The Morgan fingerprint density at radius 3 is 3.00 bits per heavy atom. The van der Waals surface area contributed by atoms with Crippen LogP contribution < -0.4 is 11.0 Å². The molecular formula is C11H9N5O2. The Balaban J connectivity index is 2.35. The fourth-order valence-electron chi connectivity index (χ4n) is 1.82. The first-order chi connectivity index (χ1) is 8.66. The van der Waals surface area contributed by atoms with Crippen LogP contribution in [0, 0.1) is 0 Å². The van der Waals surface area contributed by atoms with Crippen LogP contribution in [0.25, 0.3) is 16.6 Å². The zero-order valence-electron chi connectivity index (χ0n) is 9.49. The maximum absolute atomic E-state index is 12.1. The molecule has 1 amide bonds. The lowest BCUT2D eigenvalue weighted by molar-refractivity contribution is -0.115. The highest BCUT2D eigenvalue weighted by molar-refractivity contribution is 5.82. The molecule has 0 aliphatic rings. The molecule has 7 nitrogen and oxygen atoms in total. The van der Waals surface area contributed by atoms with Gasteiger partial charge in [0.1, 0.15) is 0 Å². The molecule has 3 rings (SSSR count). The maximum atomic E-state index is 12.1. The summed E-state index contributed by atoms with van der Waals surface area (Å²) in [5.41, 5.74) is 3.39. The Hall–Kier alpha value is -2.70. The molecule has 7 heteroatoms. The second-order valence-corrected chi connectivity index (χ2v) is 3.82. The SMILES string of the molecule is CC(=O)Nn1ccc2c(cnc3ccnn32)c1=O. The van der Waals surface area contributed by atoms with Crippen LogP contribution in [0.5, 0.6) is 0 Å². The average Bonchev–Trinajstić information content (AvgIpc) is 2.80. The number of amides is 1. The van der Waals surface area contributed by atoms with Gasteiger partial charge in [0, 0.05) is 25.4 Å². The van der Waals surface area contributed by atoms with E-state index in [1.807, 2.05) is 0 Å². The van der Waals surface area contributed by atoms with Crippen LogP contribution in [-0.2, 0) is 4.79 Å². The van der Waals surface area contributed by atoms with Gasteiger partial charge in [0.2, 0.25) is 5.91 Å². The van der Waals surface area contributed by atoms with Crippen LogP contribution in [0.3, 0.4) is 0 Å². The maximum Gasteiger partial charge on any atom is 0.280 e. The smallest absolute Gasteiger partial charge is 0.274 e. The molecule has 0 radical (unpaired) electrons. The third kappa shape index (κ3) is 1.45. The number of hydrogen-bond acceptors (Lipinski definition) is 4. The van der Waals surface area contributed by atoms with Crippen LogP contribution in [0.2, 0.25) is 0 Å². The number of nitrogens with zero attached hydrogens (tertiary/aromatic N) is 4. The molecule has 0 saturated heterocycles. The van der Waals surface area contributed by atoms with E-state index in [1.54, 1.807) is 22.8 Å². The first kappa shape index (κ1) is 10.5. The van der Waals surface area contributed by atoms with Gasteiger partial charge in [-0.3, -0.25) is 15.0 Å². The van der Waals surface area contributed by atoms with E-state index in [9.17, 15) is 9.59 Å². The standard InChI is InChI=1S/C11H9N5O2/c1-7(17)14-15-5-3-9-8(11(15)18)6-12-10-2-4-13-16(9)10/h2-6H,1H3,(H,14,17). The van der Waals surface area contributed by atoms with Crippen molar-refractivity contribution < 1.29 is 4.79 Å². The van der Waals surface area contributed by atoms with E-state index in [0.717, 1.165) is 4.68 Å². The highest BCUT2D eigenvalue weighted by atomic mass is 16.2. The summed E-state index contributed by atoms with van der Waals surface area (Å²) in [5.74, 6) is -0.315. The quantitative estimate of drug-likeness (QED) is 0.659. The van der Waals surface area contributed by atoms with E-state index >= 15 is 0 Å².